The highest BCUT2D eigenvalue weighted by Crippen LogP contribution is 2.14. The molecule has 1 aromatic carbocycles. The summed E-state index contributed by atoms with van der Waals surface area (Å²) >= 11 is 3.44. The molecule has 0 atom stereocenters. The molecule has 4 nitrogen and oxygen atoms in total. The van der Waals surface area contributed by atoms with Crippen molar-refractivity contribution < 1.29 is 0 Å². The first-order valence-corrected chi connectivity index (χ1v) is 6.58. The molecular weight excluding hydrogens is 294 g/mol. The minimum Gasteiger partial charge on any atom is -0.310 e. The van der Waals surface area contributed by atoms with Gasteiger partial charge < -0.3 is 10.3 Å². The van der Waals surface area contributed by atoms with Crippen molar-refractivity contribution in [3.63, 3.8) is 0 Å². The van der Waals surface area contributed by atoms with Gasteiger partial charge in [-0.2, -0.15) is 0 Å². The van der Waals surface area contributed by atoms with E-state index in [-0.39, 0.29) is 5.56 Å². The van der Waals surface area contributed by atoms with E-state index < -0.39 is 0 Å². The predicted octanol–water partition coefficient (Wildman–Crippen LogP) is 1.73. The van der Waals surface area contributed by atoms with Crippen LogP contribution in [0.4, 0.5) is 0 Å². The normalized spacial score (nSPS) is 13.6. The Morgan fingerprint density at radius 2 is 2.22 bits per heavy atom. The van der Waals surface area contributed by atoms with Gasteiger partial charge in [-0.15, -0.1) is 0 Å². The lowest BCUT2D eigenvalue weighted by Crippen LogP contribution is -2.17. The molecule has 0 fully saturated rings. The second-order valence-electron chi connectivity index (χ2n) is 4.35. The zero-order valence-electron chi connectivity index (χ0n) is 9.66. The molecule has 1 aliphatic rings. The van der Waals surface area contributed by atoms with Gasteiger partial charge >= 0.3 is 0 Å². The zero-order chi connectivity index (χ0) is 12.5. The van der Waals surface area contributed by atoms with Crippen molar-refractivity contribution in [3.05, 3.63) is 61.7 Å². The summed E-state index contributed by atoms with van der Waals surface area (Å²) < 4.78 is 1.03. The van der Waals surface area contributed by atoms with Gasteiger partial charge in [0.15, 0.2) is 0 Å². The van der Waals surface area contributed by atoms with Gasteiger partial charge in [-0.25, -0.2) is 4.98 Å². The summed E-state index contributed by atoms with van der Waals surface area (Å²) in [4.78, 5) is 19.2. The summed E-state index contributed by atoms with van der Waals surface area (Å²) in [6, 6.07) is 8.01. The first-order chi connectivity index (χ1) is 8.72. The van der Waals surface area contributed by atoms with Crippen LogP contribution in [0, 0.1) is 0 Å². The molecule has 1 aromatic heterocycles. The van der Waals surface area contributed by atoms with Gasteiger partial charge in [-0.1, -0.05) is 28.1 Å². The lowest BCUT2D eigenvalue weighted by molar-refractivity contribution is 0.755. The molecule has 0 unspecified atom stereocenters. The predicted molar refractivity (Wildman–Crippen MR) is 72.3 cm³/mol. The molecule has 92 valence electrons. The Morgan fingerprint density at radius 3 is 3.06 bits per heavy atom. The first-order valence-electron chi connectivity index (χ1n) is 5.78. The molecule has 18 heavy (non-hydrogen) atoms. The van der Waals surface area contributed by atoms with Crippen molar-refractivity contribution >= 4 is 15.9 Å². The summed E-state index contributed by atoms with van der Waals surface area (Å²) in [6.45, 7) is 1.31. The summed E-state index contributed by atoms with van der Waals surface area (Å²) in [5.74, 6) is 0.723. The van der Waals surface area contributed by atoms with Crippen LogP contribution in [0.1, 0.15) is 22.6 Å². The minimum absolute atomic E-state index is 0.0185. The van der Waals surface area contributed by atoms with Gasteiger partial charge in [0.25, 0.3) is 5.56 Å². The maximum Gasteiger partial charge on any atom is 0.255 e. The summed E-state index contributed by atoms with van der Waals surface area (Å²) in [6.07, 6.45) is 0.641. The Hall–Kier alpha value is -1.46. The molecule has 0 amide bonds. The van der Waals surface area contributed by atoms with Gasteiger partial charge in [0.05, 0.1) is 11.3 Å². The fraction of sp³-hybridized carbons (Fsp3) is 0.231. The molecule has 0 radical (unpaired) electrons. The third kappa shape index (κ3) is 2.23. The van der Waals surface area contributed by atoms with Crippen LogP contribution in [0.3, 0.4) is 0 Å². The number of nitrogens with zero attached hydrogens (tertiary/aromatic N) is 1. The molecule has 0 aliphatic carbocycles. The standard InChI is InChI=1S/C13H12BrN3O/c14-9-3-1-2-8(4-9)5-12-16-11-7-15-6-10(11)13(18)17-12/h1-4,15H,5-7H2,(H,16,17,18). The Labute approximate surface area is 113 Å². The van der Waals surface area contributed by atoms with E-state index in [2.05, 4.69) is 31.2 Å². The smallest absolute Gasteiger partial charge is 0.255 e. The molecule has 0 saturated carbocycles. The maximum atomic E-state index is 11.8. The summed E-state index contributed by atoms with van der Waals surface area (Å²) in [5, 5.41) is 3.14. The number of H-pyrrole nitrogens is 1. The lowest BCUT2D eigenvalue weighted by atomic mass is 10.1. The van der Waals surface area contributed by atoms with Crippen LogP contribution in [-0.2, 0) is 19.5 Å². The van der Waals surface area contributed by atoms with E-state index in [1.54, 1.807) is 0 Å². The van der Waals surface area contributed by atoms with Crippen molar-refractivity contribution in [3.8, 4) is 0 Å². The largest absolute Gasteiger partial charge is 0.310 e. The van der Waals surface area contributed by atoms with Crippen LogP contribution in [0.25, 0.3) is 0 Å². The molecule has 0 saturated heterocycles. The molecule has 0 spiro atoms. The number of halogens is 1. The number of rotatable bonds is 2. The van der Waals surface area contributed by atoms with Crippen LogP contribution < -0.4 is 10.9 Å². The van der Waals surface area contributed by atoms with Gasteiger partial charge in [0, 0.05) is 24.0 Å². The number of aromatic nitrogens is 2. The molecule has 5 heteroatoms. The first kappa shape index (κ1) is 11.6. The molecule has 0 bridgehead atoms. The van der Waals surface area contributed by atoms with Crippen LogP contribution in [0.5, 0.6) is 0 Å². The van der Waals surface area contributed by atoms with E-state index in [1.807, 2.05) is 24.3 Å². The van der Waals surface area contributed by atoms with Crippen LogP contribution in [-0.4, -0.2) is 9.97 Å². The Morgan fingerprint density at radius 1 is 1.33 bits per heavy atom. The van der Waals surface area contributed by atoms with Gasteiger partial charge in [-0.3, -0.25) is 4.79 Å². The second kappa shape index (κ2) is 4.66. The van der Waals surface area contributed by atoms with Crippen LogP contribution in [0.15, 0.2) is 33.5 Å². The number of fused-ring (bicyclic) bond motifs is 1. The van der Waals surface area contributed by atoms with E-state index in [1.165, 1.54) is 0 Å². The van der Waals surface area contributed by atoms with Crippen molar-refractivity contribution in [2.75, 3.05) is 0 Å². The molecule has 3 rings (SSSR count). The monoisotopic (exact) mass is 305 g/mol. The van der Waals surface area contributed by atoms with E-state index in [9.17, 15) is 4.79 Å². The number of nitrogens with one attached hydrogen (secondary N) is 2. The van der Waals surface area contributed by atoms with E-state index in [0.29, 0.717) is 19.5 Å². The second-order valence-corrected chi connectivity index (χ2v) is 5.26. The van der Waals surface area contributed by atoms with Crippen molar-refractivity contribution in [1.29, 1.82) is 0 Å². The maximum absolute atomic E-state index is 11.8. The number of hydrogen-bond donors (Lipinski definition) is 2. The average molecular weight is 306 g/mol. The van der Waals surface area contributed by atoms with Crippen molar-refractivity contribution in [1.82, 2.24) is 15.3 Å². The van der Waals surface area contributed by atoms with Crippen molar-refractivity contribution in [2.45, 2.75) is 19.5 Å². The molecule has 2 heterocycles. The summed E-state index contributed by atoms with van der Waals surface area (Å²) in [5.41, 5.74) is 2.75. The van der Waals surface area contributed by atoms with E-state index >= 15 is 0 Å². The highest BCUT2D eigenvalue weighted by Gasteiger charge is 2.16. The SMILES string of the molecule is O=c1[nH]c(Cc2cccc(Br)c2)nc2c1CNC2. The lowest BCUT2D eigenvalue weighted by Gasteiger charge is -2.04. The number of aromatic amines is 1. The third-order valence-corrected chi connectivity index (χ3v) is 3.50. The zero-order valence-corrected chi connectivity index (χ0v) is 11.3. The van der Waals surface area contributed by atoms with Gasteiger partial charge in [0.2, 0.25) is 0 Å². The Balaban J connectivity index is 1.94. The topological polar surface area (TPSA) is 57.8 Å². The van der Waals surface area contributed by atoms with Gasteiger partial charge in [-0.05, 0) is 17.7 Å². The molecule has 1 aliphatic heterocycles. The average Bonchev–Trinajstić information content (AvgIpc) is 2.77. The fourth-order valence-electron chi connectivity index (χ4n) is 2.15. The molecular formula is C13H12BrN3O. The molecule has 2 N–H and O–H groups in total. The quantitative estimate of drug-likeness (QED) is 0.888. The number of hydrogen-bond acceptors (Lipinski definition) is 3. The number of benzene rings is 1. The summed E-state index contributed by atoms with van der Waals surface area (Å²) in [7, 11) is 0. The van der Waals surface area contributed by atoms with E-state index in [4.69, 9.17) is 0 Å². The van der Waals surface area contributed by atoms with Crippen LogP contribution in [0.2, 0.25) is 0 Å². The Bertz CT molecular complexity index is 651. The Kier molecular flexibility index (Phi) is 3.01. The van der Waals surface area contributed by atoms with Crippen molar-refractivity contribution in [2.24, 2.45) is 0 Å². The minimum atomic E-state index is -0.0185. The molecule has 2 aromatic rings. The highest BCUT2D eigenvalue weighted by atomic mass is 79.9. The van der Waals surface area contributed by atoms with Gasteiger partial charge in [0.1, 0.15) is 5.82 Å². The third-order valence-electron chi connectivity index (χ3n) is 3.00. The van der Waals surface area contributed by atoms with E-state index in [0.717, 1.165) is 27.1 Å². The highest BCUT2D eigenvalue weighted by molar-refractivity contribution is 9.10. The van der Waals surface area contributed by atoms with Crippen LogP contribution >= 0.6 is 15.9 Å². The fourth-order valence-corrected chi connectivity index (χ4v) is 2.60.